The molecule has 0 radical (unpaired) electrons. The lowest BCUT2D eigenvalue weighted by molar-refractivity contribution is -0.166. The maximum Gasteiger partial charge on any atom is 0.343 e. The molecule has 33 heavy (non-hydrogen) atoms. The Bertz CT molecular complexity index is 1160. The van der Waals surface area contributed by atoms with E-state index >= 15 is 0 Å². The van der Waals surface area contributed by atoms with Gasteiger partial charge in [-0.05, 0) is 39.6 Å². The Morgan fingerprint density at radius 1 is 1.24 bits per heavy atom. The molecule has 1 amide bonds. The van der Waals surface area contributed by atoms with Crippen LogP contribution in [0, 0.1) is 11.8 Å². The summed E-state index contributed by atoms with van der Waals surface area (Å²) in [5.74, 6) is -7.08. The molecule has 1 aliphatic heterocycles. The van der Waals surface area contributed by atoms with Gasteiger partial charge in [0.05, 0.1) is 6.04 Å². The highest BCUT2D eigenvalue weighted by Gasteiger charge is 2.64. The number of likely N-dealkylation sites (N-methyl/N-ethyl adjacent to an activating group) is 1. The Balaban J connectivity index is 1.87. The van der Waals surface area contributed by atoms with Gasteiger partial charge in [-0.15, -0.1) is 0 Å². The number of phenolic OH excluding ortho intramolecular Hbond substituents is 1. The maximum atomic E-state index is 13.3. The van der Waals surface area contributed by atoms with E-state index in [0.29, 0.717) is 0 Å². The summed E-state index contributed by atoms with van der Waals surface area (Å²) in [6.45, 7) is 1.55. The second kappa shape index (κ2) is 7.28. The van der Waals surface area contributed by atoms with Gasteiger partial charge in [-0.3, -0.25) is 19.3 Å². The fraction of sp³-hybridized carbons (Fsp3) is 0.455. The number of primary amides is 1. The molecule has 0 aromatic heterocycles. The van der Waals surface area contributed by atoms with Crippen molar-refractivity contribution < 1.29 is 39.2 Å². The van der Waals surface area contributed by atoms with Gasteiger partial charge < -0.3 is 25.8 Å². The molecule has 0 saturated heterocycles. The molecule has 1 saturated carbocycles. The number of halogens is 1. The summed E-state index contributed by atoms with van der Waals surface area (Å²) in [5.41, 5.74) is 0.581. The summed E-state index contributed by atoms with van der Waals surface area (Å²) in [4.78, 5) is 52.3. The number of esters is 1. The number of cyclic esters (lactones) is 1. The SMILES string of the molecule is CN(C)[C@@H]1C(=O)C(C(N)=O)=C(O)[C@@]2(O)C(=O)C[C@@H]([C@]3(C)OC(=O)c4c(O)ccc(Cl)c43)C[C@H]12. The number of amides is 1. The van der Waals surface area contributed by atoms with Crippen molar-refractivity contribution in [1.29, 1.82) is 0 Å². The first-order valence-corrected chi connectivity index (χ1v) is 10.6. The number of carbonyl (C=O) groups excluding carboxylic acids is 4. The third-order valence-corrected chi connectivity index (χ3v) is 7.46. The van der Waals surface area contributed by atoms with E-state index in [1.807, 2.05) is 0 Å². The minimum atomic E-state index is -2.52. The number of aliphatic hydroxyl groups excluding tert-OH is 1. The van der Waals surface area contributed by atoms with Crippen LogP contribution >= 0.6 is 11.6 Å². The minimum Gasteiger partial charge on any atom is -0.508 e. The van der Waals surface area contributed by atoms with Crippen LogP contribution in [0.3, 0.4) is 0 Å². The summed E-state index contributed by atoms with van der Waals surface area (Å²) in [5, 5.41) is 32.4. The van der Waals surface area contributed by atoms with E-state index in [9.17, 15) is 34.5 Å². The molecule has 10 nitrogen and oxygen atoms in total. The van der Waals surface area contributed by atoms with Crippen LogP contribution < -0.4 is 5.73 Å². The van der Waals surface area contributed by atoms with Crippen molar-refractivity contribution in [3.05, 3.63) is 39.6 Å². The number of fused-ring (bicyclic) bond motifs is 2. The first kappa shape index (κ1) is 23.2. The topological polar surface area (TPSA) is 167 Å². The summed E-state index contributed by atoms with van der Waals surface area (Å²) < 4.78 is 5.63. The highest BCUT2D eigenvalue weighted by Crippen LogP contribution is 2.55. The Kier molecular flexibility index (Phi) is 5.12. The molecule has 3 aliphatic rings. The standard InChI is InChI=1S/C22H23ClN2O8/c1-21(15-10(23)4-5-11(26)13(15)20(31)33-21)8-6-9-16(25(2)3)17(28)14(19(24)30)18(29)22(9,32)12(27)7-8/h4-5,8-9,16,26,29,32H,6-7H2,1-3H3,(H2,24,30)/t8-,9+,16-,21-,22-/m0/s1. The van der Waals surface area contributed by atoms with Crippen molar-refractivity contribution in [2.45, 2.75) is 37.0 Å². The van der Waals surface area contributed by atoms with Crippen molar-refractivity contribution in [3.63, 3.8) is 0 Å². The Morgan fingerprint density at radius 3 is 2.45 bits per heavy atom. The van der Waals surface area contributed by atoms with Gasteiger partial charge in [0.25, 0.3) is 5.91 Å². The molecule has 1 aromatic rings. The molecule has 5 atom stereocenters. The first-order valence-electron chi connectivity index (χ1n) is 10.2. The van der Waals surface area contributed by atoms with Crippen LogP contribution in [0.4, 0.5) is 0 Å². The van der Waals surface area contributed by atoms with Crippen LogP contribution in [0.25, 0.3) is 0 Å². The van der Waals surface area contributed by atoms with Gasteiger partial charge in [0, 0.05) is 28.8 Å². The summed E-state index contributed by atoms with van der Waals surface area (Å²) >= 11 is 6.35. The van der Waals surface area contributed by atoms with Crippen LogP contribution in [-0.4, -0.2) is 69.4 Å². The number of rotatable bonds is 3. The third-order valence-electron chi connectivity index (χ3n) is 7.15. The molecule has 2 aliphatic carbocycles. The number of Topliss-reactive ketones (excluding diaryl/α,β-unsaturated/α-hetero) is 2. The van der Waals surface area contributed by atoms with Crippen molar-refractivity contribution >= 4 is 35.0 Å². The molecular weight excluding hydrogens is 456 g/mol. The van der Waals surface area contributed by atoms with Crippen LogP contribution in [-0.2, 0) is 24.7 Å². The number of carbonyl (C=O) groups is 4. The fourth-order valence-electron chi connectivity index (χ4n) is 5.54. The van der Waals surface area contributed by atoms with E-state index in [2.05, 4.69) is 0 Å². The molecule has 4 rings (SSSR count). The van der Waals surface area contributed by atoms with Crippen LogP contribution in [0.1, 0.15) is 35.7 Å². The number of phenols is 1. The van der Waals surface area contributed by atoms with Gasteiger partial charge in [-0.2, -0.15) is 0 Å². The van der Waals surface area contributed by atoms with E-state index in [4.69, 9.17) is 22.1 Å². The second-order valence-electron chi connectivity index (χ2n) is 9.11. The number of benzene rings is 1. The number of aliphatic hydroxyl groups is 2. The number of hydrogen-bond donors (Lipinski definition) is 4. The Morgan fingerprint density at radius 2 is 1.88 bits per heavy atom. The van der Waals surface area contributed by atoms with Gasteiger partial charge in [0.15, 0.2) is 17.2 Å². The van der Waals surface area contributed by atoms with Gasteiger partial charge in [0.2, 0.25) is 0 Å². The zero-order valence-corrected chi connectivity index (χ0v) is 18.8. The molecule has 11 heteroatoms. The number of ether oxygens (including phenoxy) is 1. The second-order valence-corrected chi connectivity index (χ2v) is 9.51. The highest BCUT2D eigenvalue weighted by molar-refractivity contribution is 6.32. The summed E-state index contributed by atoms with van der Waals surface area (Å²) in [6, 6.07) is 1.49. The van der Waals surface area contributed by atoms with E-state index in [-0.39, 0.29) is 34.7 Å². The summed E-state index contributed by atoms with van der Waals surface area (Å²) in [7, 11) is 3.05. The first-order chi connectivity index (χ1) is 15.3. The van der Waals surface area contributed by atoms with Gasteiger partial charge in [-0.25, -0.2) is 4.79 Å². The summed E-state index contributed by atoms with van der Waals surface area (Å²) in [6.07, 6.45) is -0.422. The average molecular weight is 479 g/mol. The van der Waals surface area contributed by atoms with Crippen molar-refractivity contribution in [2.24, 2.45) is 17.6 Å². The molecule has 1 fully saturated rings. The van der Waals surface area contributed by atoms with Crippen molar-refractivity contribution in [2.75, 3.05) is 14.1 Å². The third kappa shape index (κ3) is 2.94. The van der Waals surface area contributed by atoms with E-state index in [1.165, 1.54) is 31.1 Å². The van der Waals surface area contributed by atoms with Crippen LogP contribution in [0.15, 0.2) is 23.5 Å². The number of aromatic hydroxyl groups is 1. The molecule has 5 N–H and O–H groups in total. The predicted octanol–water partition coefficient (Wildman–Crippen LogP) is 0.568. The predicted molar refractivity (Wildman–Crippen MR) is 113 cm³/mol. The normalized spacial score (nSPS) is 33.8. The van der Waals surface area contributed by atoms with Gasteiger partial charge in [0.1, 0.15) is 28.2 Å². The maximum absolute atomic E-state index is 13.3. The van der Waals surface area contributed by atoms with Gasteiger partial charge in [-0.1, -0.05) is 11.6 Å². The Labute approximate surface area is 193 Å². The fourth-order valence-corrected chi connectivity index (χ4v) is 5.89. The monoisotopic (exact) mass is 478 g/mol. The number of nitrogens with zero attached hydrogens (tertiary/aromatic N) is 1. The van der Waals surface area contributed by atoms with E-state index in [1.54, 1.807) is 6.92 Å². The zero-order valence-electron chi connectivity index (χ0n) is 18.1. The zero-order chi connectivity index (χ0) is 24.6. The smallest absolute Gasteiger partial charge is 0.343 e. The minimum absolute atomic E-state index is 0.0534. The Hall–Kier alpha value is -2.95. The van der Waals surface area contributed by atoms with E-state index < -0.39 is 63.9 Å². The van der Waals surface area contributed by atoms with Crippen molar-refractivity contribution in [3.8, 4) is 5.75 Å². The molecular formula is C22H23ClN2O8. The molecule has 1 aromatic carbocycles. The van der Waals surface area contributed by atoms with Crippen LogP contribution in [0.2, 0.25) is 5.02 Å². The quantitative estimate of drug-likeness (QED) is 0.358. The largest absolute Gasteiger partial charge is 0.508 e. The molecule has 176 valence electrons. The average Bonchev–Trinajstić information content (AvgIpc) is 2.99. The molecule has 1 heterocycles. The molecule has 0 unspecified atom stereocenters. The molecule has 0 spiro atoms. The number of nitrogens with two attached hydrogens (primary N) is 1. The number of ketones is 2. The lowest BCUT2D eigenvalue weighted by Crippen LogP contribution is -2.65. The number of hydrogen-bond acceptors (Lipinski definition) is 9. The van der Waals surface area contributed by atoms with Gasteiger partial charge >= 0.3 is 5.97 Å². The molecule has 0 bridgehead atoms. The lowest BCUT2D eigenvalue weighted by Gasteiger charge is -2.50. The van der Waals surface area contributed by atoms with Crippen LogP contribution in [0.5, 0.6) is 5.75 Å². The van der Waals surface area contributed by atoms with Crippen molar-refractivity contribution in [1.82, 2.24) is 4.90 Å². The highest BCUT2D eigenvalue weighted by atomic mass is 35.5. The van der Waals surface area contributed by atoms with E-state index in [0.717, 1.165) is 0 Å². The lowest BCUT2D eigenvalue weighted by atomic mass is 9.58.